The van der Waals surface area contributed by atoms with Gasteiger partial charge in [-0.1, -0.05) is 43.0 Å². The van der Waals surface area contributed by atoms with Crippen molar-refractivity contribution in [2.24, 2.45) is 0 Å². The Balaban J connectivity index is 1.63. The van der Waals surface area contributed by atoms with Gasteiger partial charge in [0.15, 0.2) is 0 Å². The molecule has 1 fully saturated rings. The number of fused-ring (bicyclic) bond motifs is 1. The van der Waals surface area contributed by atoms with Crippen LogP contribution in [-0.2, 0) is 11.3 Å². The van der Waals surface area contributed by atoms with Gasteiger partial charge >= 0.3 is 0 Å². The summed E-state index contributed by atoms with van der Waals surface area (Å²) in [6, 6.07) is 17.3. The number of morpholine rings is 1. The van der Waals surface area contributed by atoms with Gasteiger partial charge in [-0.05, 0) is 54.3 Å². The number of anilines is 1. The lowest BCUT2D eigenvalue weighted by Gasteiger charge is -2.28. The van der Waals surface area contributed by atoms with E-state index in [2.05, 4.69) is 83.7 Å². The van der Waals surface area contributed by atoms with Gasteiger partial charge in [0.25, 0.3) is 0 Å². The van der Waals surface area contributed by atoms with Crippen LogP contribution in [0.25, 0.3) is 16.6 Å². The summed E-state index contributed by atoms with van der Waals surface area (Å²) in [7, 11) is 0. The molecule has 0 N–H and O–H groups in total. The Kier molecular flexibility index (Phi) is 5.01. The molecule has 152 valence electrons. The Bertz CT molecular complexity index is 1150. The summed E-state index contributed by atoms with van der Waals surface area (Å²) in [6.07, 6.45) is 5.35. The van der Waals surface area contributed by atoms with Gasteiger partial charge in [-0.15, -0.1) is 0 Å². The van der Waals surface area contributed by atoms with E-state index in [1.54, 1.807) is 0 Å². The molecule has 2 heterocycles. The molecule has 0 radical (unpaired) electrons. The Morgan fingerprint density at radius 3 is 2.63 bits per heavy atom. The summed E-state index contributed by atoms with van der Waals surface area (Å²) >= 11 is 0. The number of ether oxygens (including phenoxy) is 1. The molecule has 0 bridgehead atoms. The van der Waals surface area contributed by atoms with Crippen LogP contribution in [-0.4, -0.2) is 35.9 Å². The van der Waals surface area contributed by atoms with Crippen LogP contribution in [0.5, 0.6) is 0 Å². The highest BCUT2D eigenvalue weighted by Crippen LogP contribution is 2.32. The van der Waals surface area contributed by atoms with E-state index in [1.165, 1.54) is 33.5 Å². The van der Waals surface area contributed by atoms with Gasteiger partial charge in [0, 0.05) is 30.9 Å². The molecule has 0 atom stereocenters. The number of imidazole rings is 1. The van der Waals surface area contributed by atoms with E-state index in [0.717, 1.165) is 50.6 Å². The molecule has 2 aromatic carbocycles. The Morgan fingerprint density at radius 2 is 1.87 bits per heavy atom. The minimum absolute atomic E-state index is 0.785. The van der Waals surface area contributed by atoms with Crippen molar-refractivity contribution in [3.05, 3.63) is 89.8 Å². The zero-order valence-electron chi connectivity index (χ0n) is 17.5. The average Bonchev–Trinajstić information content (AvgIpc) is 3.14. The summed E-state index contributed by atoms with van der Waals surface area (Å²) < 4.78 is 7.89. The van der Waals surface area contributed by atoms with Crippen LogP contribution in [0.3, 0.4) is 0 Å². The van der Waals surface area contributed by atoms with E-state index in [4.69, 9.17) is 9.72 Å². The Labute approximate surface area is 177 Å². The predicted octanol–water partition coefficient (Wildman–Crippen LogP) is 5.21. The number of allylic oxidation sites excluding steroid dienone is 5. The number of rotatable bonds is 4. The van der Waals surface area contributed by atoms with Crippen molar-refractivity contribution in [3.8, 4) is 0 Å². The summed E-state index contributed by atoms with van der Waals surface area (Å²) in [5.41, 5.74) is 8.32. The van der Waals surface area contributed by atoms with Crippen LogP contribution in [0.1, 0.15) is 24.7 Å². The molecule has 2 aliphatic rings. The fraction of sp³-hybridized carbons (Fsp3) is 0.269. The zero-order valence-corrected chi connectivity index (χ0v) is 17.5. The van der Waals surface area contributed by atoms with E-state index < -0.39 is 0 Å². The van der Waals surface area contributed by atoms with E-state index >= 15 is 0 Å². The van der Waals surface area contributed by atoms with Crippen molar-refractivity contribution in [2.45, 2.75) is 19.9 Å². The number of aromatic nitrogens is 2. The van der Waals surface area contributed by atoms with Crippen molar-refractivity contribution in [1.82, 2.24) is 9.55 Å². The molecular formula is C26H27N3O. The standard InChI is InChI=1S/C26H27N3O/c1-19-8-9-22(16-20(19)2)26-27-24-11-10-23(28-12-14-30-15-13-28)17-25(24)29(26)18-21-6-4-3-5-7-21/h3-7,9-11,16-17H,1,8,12-15,18H2,2H3. The van der Waals surface area contributed by atoms with E-state index in [-0.39, 0.29) is 0 Å². The van der Waals surface area contributed by atoms with Gasteiger partial charge < -0.3 is 14.2 Å². The third-order valence-corrected chi connectivity index (χ3v) is 6.05. The fourth-order valence-electron chi connectivity index (χ4n) is 4.22. The van der Waals surface area contributed by atoms with E-state index in [1.807, 2.05) is 0 Å². The predicted molar refractivity (Wildman–Crippen MR) is 124 cm³/mol. The normalized spacial score (nSPS) is 17.2. The first kappa shape index (κ1) is 18.9. The lowest BCUT2D eigenvalue weighted by molar-refractivity contribution is 0.122. The zero-order chi connectivity index (χ0) is 20.5. The number of benzene rings is 2. The van der Waals surface area contributed by atoms with E-state index in [0.29, 0.717) is 0 Å². The first-order valence-corrected chi connectivity index (χ1v) is 10.6. The molecule has 1 saturated heterocycles. The largest absolute Gasteiger partial charge is 0.378 e. The highest BCUT2D eigenvalue weighted by Gasteiger charge is 2.19. The third-order valence-electron chi connectivity index (χ3n) is 6.05. The molecule has 1 aromatic heterocycles. The molecule has 1 aliphatic heterocycles. The lowest BCUT2D eigenvalue weighted by atomic mass is 9.96. The maximum atomic E-state index is 5.53. The van der Waals surface area contributed by atoms with Crippen molar-refractivity contribution in [3.63, 3.8) is 0 Å². The van der Waals surface area contributed by atoms with Crippen LogP contribution >= 0.6 is 0 Å². The number of nitrogens with zero attached hydrogens (tertiary/aromatic N) is 3. The first-order chi connectivity index (χ1) is 14.7. The molecule has 5 rings (SSSR count). The maximum absolute atomic E-state index is 5.53. The average molecular weight is 398 g/mol. The first-order valence-electron chi connectivity index (χ1n) is 10.6. The SMILES string of the molecule is C=C1CC=C(c2nc3ccc(N4CCOCC4)cc3n2Cc2ccccc2)C=C1C. The van der Waals surface area contributed by atoms with Gasteiger partial charge in [-0.3, -0.25) is 0 Å². The Morgan fingerprint density at radius 1 is 1.07 bits per heavy atom. The van der Waals surface area contributed by atoms with Gasteiger partial charge in [0.2, 0.25) is 0 Å². The number of hydrogen-bond donors (Lipinski definition) is 0. The molecule has 4 nitrogen and oxygen atoms in total. The second-order valence-electron chi connectivity index (χ2n) is 8.07. The van der Waals surface area contributed by atoms with Crippen LogP contribution in [0.15, 0.2) is 78.4 Å². The minimum Gasteiger partial charge on any atom is -0.378 e. The molecule has 1 aliphatic carbocycles. The van der Waals surface area contributed by atoms with Crippen LogP contribution < -0.4 is 4.90 Å². The van der Waals surface area contributed by atoms with Crippen LogP contribution in [0.2, 0.25) is 0 Å². The summed E-state index contributed by atoms with van der Waals surface area (Å²) in [6.45, 7) is 10.5. The van der Waals surface area contributed by atoms with Crippen molar-refractivity contribution >= 4 is 22.3 Å². The topological polar surface area (TPSA) is 30.3 Å². The summed E-state index contributed by atoms with van der Waals surface area (Å²) in [4.78, 5) is 7.45. The molecule has 0 amide bonds. The van der Waals surface area contributed by atoms with Crippen molar-refractivity contribution in [1.29, 1.82) is 0 Å². The molecule has 4 heteroatoms. The molecule has 0 spiro atoms. The second kappa shape index (κ2) is 7.96. The van der Waals surface area contributed by atoms with Gasteiger partial charge in [0.1, 0.15) is 5.82 Å². The van der Waals surface area contributed by atoms with Crippen molar-refractivity contribution < 1.29 is 4.74 Å². The minimum atomic E-state index is 0.785. The third kappa shape index (κ3) is 3.59. The van der Waals surface area contributed by atoms with Crippen LogP contribution in [0.4, 0.5) is 5.69 Å². The molecule has 30 heavy (non-hydrogen) atoms. The van der Waals surface area contributed by atoms with Crippen LogP contribution in [0, 0.1) is 0 Å². The van der Waals surface area contributed by atoms with Gasteiger partial charge in [-0.25, -0.2) is 4.98 Å². The summed E-state index contributed by atoms with van der Waals surface area (Å²) in [5, 5.41) is 0. The molecule has 0 saturated carbocycles. The summed E-state index contributed by atoms with van der Waals surface area (Å²) in [5.74, 6) is 1.03. The highest BCUT2D eigenvalue weighted by molar-refractivity contribution is 5.86. The Hall–Kier alpha value is -3.11. The highest BCUT2D eigenvalue weighted by atomic mass is 16.5. The molecule has 3 aromatic rings. The fourth-order valence-corrected chi connectivity index (χ4v) is 4.22. The molecule has 0 unspecified atom stereocenters. The smallest absolute Gasteiger partial charge is 0.141 e. The monoisotopic (exact) mass is 397 g/mol. The van der Waals surface area contributed by atoms with Gasteiger partial charge in [-0.2, -0.15) is 0 Å². The van der Waals surface area contributed by atoms with Gasteiger partial charge in [0.05, 0.1) is 24.2 Å². The quantitative estimate of drug-likeness (QED) is 0.605. The lowest BCUT2D eigenvalue weighted by Crippen LogP contribution is -2.36. The van der Waals surface area contributed by atoms with E-state index in [9.17, 15) is 0 Å². The van der Waals surface area contributed by atoms with Crippen molar-refractivity contribution in [2.75, 3.05) is 31.2 Å². The molecular weight excluding hydrogens is 370 g/mol. The second-order valence-corrected chi connectivity index (χ2v) is 8.07. The maximum Gasteiger partial charge on any atom is 0.141 e. The number of hydrogen-bond acceptors (Lipinski definition) is 3.